The van der Waals surface area contributed by atoms with Crippen molar-refractivity contribution in [1.82, 2.24) is 19.7 Å². The lowest BCUT2D eigenvalue weighted by Gasteiger charge is -2.29. The van der Waals surface area contributed by atoms with Gasteiger partial charge in [0.05, 0.1) is 11.5 Å². The highest BCUT2D eigenvalue weighted by atomic mass is 16.5. The van der Waals surface area contributed by atoms with E-state index in [1.54, 1.807) is 6.20 Å². The van der Waals surface area contributed by atoms with Gasteiger partial charge in [-0.05, 0) is 37.5 Å². The van der Waals surface area contributed by atoms with E-state index in [4.69, 9.17) is 10.5 Å². The molecule has 0 radical (unpaired) electrons. The minimum Gasteiger partial charge on any atom is -0.420 e. The van der Waals surface area contributed by atoms with Gasteiger partial charge in [-0.15, -0.1) is 5.10 Å². The van der Waals surface area contributed by atoms with E-state index >= 15 is 0 Å². The van der Waals surface area contributed by atoms with Crippen LogP contribution in [0.4, 0.5) is 0 Å². The summed E-state index contributed by atoms with van der Waals surface area (Å²) in [6.07, 6.45) is 7.18. The Morgan fingerprint density at radius 2 is 2.07 bits per heavy atom. The Labute approximate surface area is 162 Å². The number of fused-ring (bicyclic) bond motifs is 1. The maximum absolute atomic E-state index is 9.79. The quantitative estimate of drug-likeness (QED) is 0.733. The summed E-state index contributed by atoms with van der Waals surface area (Å²) in [5, 5.41) is 17.3. The van der Waals surface area contributed by atoms with Crippen LogP contribution in [0.25, 0.3) is 5.69 Å². The van der Waals surface area contributed by atoms with Gasteiger partial charge in [-0.2, -0.15) is 5.26 Å². The van der Waals surface area contributed by atoms with E-state index in [-0.39, 0.29) is 11.8 Å². The molecule has 0 amide bonds. The molecule has 1 saturated carbocycles. The number of nitrogens with one attached hydrogen (secondary N) is 1. The van der Waals surface area contributed by atoms with Gasteiger partial charge in [0.1, 0.15) is 17.5 Å². The minimum atomic E-state index is -0.277. The van der Waals surface area contributed by atoms with E-state index in [1.807, 2.05) is 42.0 Å². The number of H-pyrrole nitrogens is 1. The summed E-state index contributed by atoms with van der Waals surface area (Å²) in [4.78, 5) is 4.28. The predicted octanol–water partition coefficient (Wildman–Crippen LogP) is 3.39. The predicted molar refractivity (Wildman–Crippen MR) is 103 cm³/mol. The van der Waals surface area contributed by atoms with Crippen molar-refractivity contribution in [2.45, 2.75) is 38.0 Å². The molecule has 1 aliphatic carbocycles. The number of nitrogens with zero attached hydrogens (tertiary/aromatic N) is 4. The number of allylic oxidation sites excluding steroid dienone is 1. The molecule has 3 N–H and O–H groups in total. The summed E-state index contributed by atoms with van der Waals surface area (Å²) in [6, 6.07) is 10.4. The average molecular weight is 372 g/mol. The van der Waals surface area contributed by atoms with E-state index < -0.39 is 0 Å². The van der Waals surface area contributed by atoms with Gasteiger partial charge < -0.3 is 15.0 Å². The first kappa shape index (κ1) is 16.6. The number of aryl methyl sites for hydroxylation is 1. The highest BCUT2D eigenvalue weighted by molar-refractivity contribution is 5.56. The van der Waals surface area contributed by atoms with E-state index in [0.29, 0.717) is 17.4 Å². The third-order valence-corrected chi connectivity index (χ3v) is 5.81. The third kappa shape index (κ3) is 2.42. The van der Waals surface area contributed by atoms with Crippen molar-refractivity contribution >= 4 is 0 Å². The van der Waals surface area contributed by atoms with Gasteiger partial charge in [0.15, 0.2) is 0 Å². The molecule has 28 heavy (non-hydrogen) atoms. The molecule has 5 rings (SSSR count). The van der Waals surface area contributed by atoms with Gasteiger partial charge in [0.25, 0.3) is 0 Å². The first-order valence-electron chi connectivity index (χ1n) is 9.43. The fourth-order valence-corrected chi connectivity index (χ4v) is 4.09. The van der Waals surface area contributed by atoms with E-state index in [0.717, 1.165) is 41.2 Å². The molecule has 0 bridgehead atoms. The lowest BCUT2D eigenvalue weighted by Crippen LogP contribution is -2.22. The van der Waals surface area contributed by atoms with Crippen molar-refractivity contribution in [3.05, 3.63) is 70.8 Å². The largest absolute Gasteiger partial charge is 0.420 e. The van der Waals surface area contributed by atoms with E-state index in [1.165, 1.54) is 6.42 Å². The number of aromatic nitrogens is 4. The standard InChI is InChI=1S/C21H20N6O/c1-12-24-9-10-27(12)15-7-5-13(6-8-15)17-16(11-22)20(23)28-21-18(17)19(25-26-21)14-3-2-4-14/h5-10,14,17H,2-4,23H2,1H3,(H,25,26). The summed E-state index contributed by atoms with van der Waals surface area (Å²) >= 11 is 0. The van der Waals surface area contributed by atoms with Crippen LogP contribution in [0.15, 0.2) is 48.1 Å². The number of hydrogen-bond donors (Lipinski definition) is 2. The van der Waals surface area contributed by atoms with Crippen LogP contribution in [-0.2, 0) is 0 Å². The number of imidazole rings is 1. The number of ether oxygens (including phenoxy) is 1. The number of benzene rings is 1. The average Bonchev–Trinajstić information content (AvgIpc) is 3.26. The van der Waals surface area contributed by atoms with Crippen LogP contribution in [0.2, 0.25) is 0 Å². The molecular weight excluding hydrogens is 352 g/mol. The summed E-state index contributed by atoms with van der Waals surface area (Å²) in [5.41, 5.74) is 10.5. The van der Waals surface area contributed by atoms with Crippen LogP contribution in [0.1, 0.15) is 53.7 Å². The molecular formula is C21H20N6O. The topological polar surface area (TPSA) is 106 Å². The highest BCUT2D eigenvalue weighted by Crippen LogP contribution is 2.48. The zero-order valence-electron chi connectivity index (χ0n) is 15.5. The maximum Gasteiger partial charge on any atom is 0.244 e. The normalized spacial score (nSPS) is 18.9. The van der Waals surface area contributed by atoms with E-state index in [2.05, 4.69) is 21.3 Å². The molecule has 3 aromatic rings. The molecule has 1 atom stereocenters. The summed E-state index contributed by atoms with van der Waals surface area (Å²) in [5.74, 6) is 1.69. The van der Waals surface area contributed by atoms with Gasteiger partial charge in [-0.3, -0.25) is 5.10 Å². The molecule has 1 aromatic carbocycles. The fourth-order valence-electron chi connectivity index (χ4n) is 4.09. The Morgan fingerprint density at radius 3 is 2.68 bits per heavy atom. The van der Waals surface area contributed by atoms with Crippen molar-refractivity contribution < 1.29 is 4.74 Å². The maximum atomic E-state index is 9.79. The summed E-state index contributed by atoms with van der Waals surface area (Å²) in [7, 11) is 0. The van der Waals surface area contributed by atoms with Crippen LogP contribution in [0.3, 0.4) is 0 Å². The zero-order valence-corrected chi connectivity index (χ0v) is 15.5. The van der Waals surface area contributed by atoms with Gasteiger partial charge in [0, 0.05) is 29.7 Å². The van der Waals surface area contributed by atoms with Crippen molar-refractivity contribution in [1.29, 1.82) is 5.26 Å². The first-order chi connectivity index (χ1) is 13.7. The highest BCUT2D eigenvalue weighted by Gasteiger charge is 2.38. The number of rotatable bonds is 3. The van der Waals surface area contributed by atoms with Crippen LogP contribution in [-0.4, -0.2) is 19.7 Å². The molecule has 140 valence electrons. The van der Waals surface area contributed by atoms with Crippen molar-refractivity contribution in [2.75, 3.05) is 0 Å². The van der Waals surface area contributed by atoms with Gasteiger partial charge >= 0.3 is 0 Å². The number of nitrogens with two attached hydrogens (primary N) is 1. The van der Waals surface area contributed by atoms with Crippen LogP contribution in [0, 0.1) is 18.3 Å². The Hall–Kier alpha value is -3.53. The molecule has 1 unspecified atom stereocenters. The monoisotopic (exact) mass is 372 g/mol. The lowest BCUT2D eigenvalue weighted by molar-refractivity contribution is 0.376. The molecule has 1 aliphatic heterocycles. The van der Waals surface area contributed by atoms with Crippen LogP contribution < -0.4 is 10.5 Å². The van der Waals surface area contributed by atoms with Crippen LogP contribution >= 0.6 is 0 Å². The third-order valence-electron chi connectivity index (χ3n) is 5.81. The Morgan fingerprint density at radius 1 is 1.29 bits per heavy atom. The molecule has 2 aliphatic rings. The molecule has 2 aromatic heterocycles. The first-order valence-corrected chi connectivity index (χ1v) is 9.43. The molecule has 7 heteroatoms. The van der Waals surface area contributed by atoms with Crippen molar-refractivity contribution in [2.24, 2.45) is 5.73 Å². The van der Waals surface area contributed by atoms with E-state index in [9.17, 15) is 5.26 Å². The number of hydrogen-bond acceptors (Lipinski definition) is 5. The Bertz CT molecular complexity index is 1110. The Kier molecular flexibility index (Phi) is 3.72. The molecule has 7 nitrogen and oxygen atoms in total. The van der Waals surface area contributed by atoms with Gasteiger partial charge in [0.2, 0.25) is 11.8 Å². The fraction of sp³-hybridized carbons (Fsp3) is 0.286. The lowest BCUT2D eigenvalue weighted by atomic mass is 9.76. The SMILES string of the molecule is Cc1nccn1-c1ccc(C2C(C#N)=C(N)Oc3n[nH]c(C4CCC4)c32)cc1. The molecule has 1 fully saturated rings. The second-order valence-electron chi connectivity index (χ2n) is 7.34. The second kappa shape index (κ2) is 6.27. The van der Waals surface area contributed by atoms with Crippen molar-refractivity contribution in [3.63, 3.8) is 0 Å². The van der Waals surface area contributed by atoms with Crippen LogP contribution in [0.5, 0.6) is 5.88 Å². The smallest absolute Gasteiger partial charge is 0.244 e. The number of aromatic amines is 1. The van der Waals surface area contributed by atoms with Gasteiger partial charge in [-0.25, -0.2) is 4.98 Å². The van der Waals surface area contributed by atoms with Gasteiger partial charge in [-0.1, -0.05) is 18.6 Å². The summed E-state index contributed by atoms with van der Waals surface area (Å²) < 4.78 is 7.69. The summed E-state index contributed by atoms with van der Waals surface area (Å²) in [6.45, 7) is 1.96. The second-order valence-corrected chi connectivity index (χ2v) is 7.34. The van der Waals surface area contributed by atoms with Crippen molar-refractivity contribution in [3.8, 4) is 17.6 Å². The zero-order chi connectivity index (χ0) is 19.3. The molecule has 0 saturated heterocycles. The molecule has 0 spiro atoms. The molecule has 3 heterocycles. The Balaban J connectivity index is 1.61. The number of nitriles is 1. The minimum absolute atomic E-state index is 0.126.